The number of rotatable bonds is 7. The van der Waals surface area contributed by atoms with Crippen LogP contribution in [0.2, 0.25) is 0 Å². The van der Waals surface area contributed by atoms with Crippen molar-refractivity contribution in [2.24, 2.45) is 0 Å². The standard InChI is InChI=1S/C13H18BrNO4/c1-4-15(8-13(16)17)7-9-5-12(19-3)10(14)6-11(9)18-2/h5-6H,4,7-8H2,1-3H3,(H,16,17). The van der Waals surface area contributed by atoms with Gasteiger partial charge in [-0.25, -0.2) is 0 Å². The van der Waals surface area contributed by atoms with Crippen molar-refractivity contribution in [2.45, 2.75) is 13.5 Å². The van der Waals surface area contributed by atoms with Gasteiger partial charge < -0.3 is 14.6 Å². The lowest BCUT2D eigenvalue weighted by atomic mass is 10.1. The van der Waals surface area contributed by atoms with Crippen LogP contribution >= 0.6 is 15.9 Å². The topological polar surface area (TPSA) is 59.0 Å². The molecule has 0 amide bonds. The van der Waals surface area contributed by atoms with Gasteiger partial charge in [0, 0.05) is 12.1 Å². The number of carboxylic acids is 1. The van der Waals surface area contributed by atoms with E-state index in [4.69, 9.17) is 14.6 Å². The fraction of sp³-hybridized carbons (Fsp3) is 0.462. The summed E-state index contributed by atoms with van der Waals surface area (Å²) in [4.78, 5) is 12.6. The molecule has 0 aliphatic heterocycles. The number of carbonyl (C=O) groups is 1. The second-order valence-corrected chi connectivity index (χ2v) is 4.85. The van der Waals surface area contributed by atoms with E-state index >= 15 is 0 Å². The summed E-state index contributed by atoms with van der Waals surface area (Å²) < 4.78 is 11.4. The first-order valence-corrected chi connectivity index (χ1v) is 6.65. The summed E-state index contributed by atoms with van der Waals surface area (Å²) in [5.74, 6) is 0.559. The number of hydrogen-bond acceptors (Lipinski definition) is 4. The van der Waals surface area contributed by atoms with Gasteiger partial charge in [-0.15, -0.1) is 0 Å². The molecule has 0 radical (unpaired) electrons. The summed E-state index contributed by atoms with van der Waals surface area (Å²) in [5.41, 5.74) is 0.894. The van der Waals surface area contributed by atoms with Crippen LogP contribution in [0.1, 0.15) is 12.5 Å². The molecule has 0 saturated carbocycles. The van der Waals surface area contributed by atoms with Crippen molar-refractivity contribution in [3.8, 4) is 11.5 Å². The van der Waals surface area contributed by atoms with E-state index in [1.807, 2.05) is 24.0 Å². The van der Waals surface area contributed by atoms with Crippen molar-refractivity contribution in [2.75, 3.05) is 27.3 Å². The number of hydrogen-bond donors (Lipinski definition) is 1. The van der Waals surface area contributed by atoms with Gasteiger partial charge >= 0.3 is 5.97 Å². The second kappa shape index (κ2) is 7.35. The summed E-state index contributed by atoms with van der Waals surface area (Å²) >= 11 is 3.39. The number of methoxy groups -OCH3 is 2. The Labute approximate surface area is 121 Å². The first kappa shape index (κ1) is 15.8. The quantitative estimate of drug-likeness (QED) is 0.831. The largest absolute Gasteiger partial charge is 0.496 e. The molecule has 0 aliphatic rings. The van der Waals surface area contributed by atoms with Gasteiger partial charge in [-0.05, 0) is 34.6 Å². The van der Waals surface area contributed by atoms with Crippen molar-refractivity contribution in [3.63, 3.8) is 0 Å². The summed E-state index contributed by atoms with van der Waals surface area (Å²) in [6.45, 7) is 3.06. The average molecular weight is 332 g/mol. The Balaban J connectivity index is 3.00. The van der Waals surface area contributed by atoms with Crippen molar-refractivity contribution in [3.05, 3.63) is 22.2 Å². The van der Waals surface area contributed by atoms with Gasteiger partial charge in [-0.2, -0.15) is 0 Å². The van der Waals surface area contributed by atoms with Crippen LogP contribution in [0.15, 0.2) is 16.6 Å². The van der Waals surface area contributed by atoms with Crippen molar-refractivity contribution >= 4 is 21.9 Å². The third-order valence-electron chi connectivity index (χ3n) is 2.75. The van der Waals surface area contributed by atoms with Crippen LogP contribution in [-0.2, 0) is 11.3 Å². The zero-order valence-electron chi connectivity index (χ0n) is 11.3. The van der Waals surface area contributed by atoms with Gasteiger partial charge in [0.1, 0.15) is 11.5 Å². The molecule has 0 heterocycles. The maximum atomic E-state index is 10.8. The third kappa shape index (κ3) is 4.40. The molecule has 1 rings (SSSR count). The Bertz CT molecular complexity index is 451. The Hall–Kier alpha value is -1.27. The predicted molar refractivity (Wildman–Crippen MR) is 75.8 cm³/mol. The van der Waals surface area contributed by atoms with Gasteiger partial charge in [0.2, 0.25) is 0 Å². The molecule has 0 aliphatic carbocycles. The molecule has 0 fully saturated rings. The highest BCUT2D eigenvalue weighted by Crippen LogP contribution is 2.33. The molecule has 6 heteroatoms. The maximum absolute atomic E-state index is 10.8. The van der Waals surface area contributed by atoms with Crippen LogP contribution in [0, 0.1) is 0 Å². The molecule has 0 aromatic heterocycles. The second-order valence-electron chi connectivity index (χ2n) is 4.00. The van der Waals surface area contributed by atoms with E-state index in [0.717, 1.165) is 10.0 Å². The van der Waals surface area contributed by atoms with E-state index in [-0.39, 0.29) is 6.54 Å². The smallest absolute Gasteiger partial charge is 0.317 e. The summed E-state index contributed by atoms with van der Waals surface area (Å²) in [5, 5.41) is 8.86. The number of nitrogens with zero attached hydrogens (tertiary/aromatic N) is 1. The molecule has 0 atom stereocenters. The fourth-order valence-corrected chi connectivity index (χ4v) is 2.24. The van der Waals surface area contributed by atoms with E-state index in [1.165, 1.54) is 0 Å². The highest BCUT2D eigenvalue weighted by molar-refractivity contribution is 9.10. The number of benzene rings is 1. The summed E-state index contributed by atoms with van der Waals surface area (Å²) in [6, 6.07) is 3.68. The van der Waals surface area contributed by atoms with Gasteiger partial charge in [-0.3, -0.25) is 9.69 Å². The molecule has 1 aromatic carbocycles. The molecule has 19 heavy (non-hydrogen) atoms. The molecule has 0 bridgehead atoms. The molecule has 1 aromatic rings. The van der Waals surface area contributed by atoms with Crippen LogP contribution < -0.4 is 9.47 Å². The molecular formula is C13H18BrNO4. The Morgan fingerprint density at radius 2 is 1.95 bits per heavy atom. The minimum Gasteiger partial charge on any atom is -0.496 e. The van der Waals surface area contributed by atoms with Crippen LogP contribution in [0.3, 0.4) is 0 Å². The minimum atomic E-state index is -0.843. The van der Waals surface area contributed by atoms with Crippen molar-refractivity contribution in [1.82, 2.24) is 4.90 Å². The first-order chi connectivity index (χ1) is 9.01. The number of ether oxygens (including phenoxy) is 2. The van der Waals surface area contributed by atoms with Crippen LogP contribution in [0.25, 0.3) is 0 Å². The molecule has 0 saturated heterocycles. The molecule has 0 spiro atoms. The normalized spacial score (nSPS) is 10.6. The number of aliphatic carboxylic acids is 1. The maximum Gasteiger partial charge on any atom is 0.317 e. The van der Waals surface area contributed by atoms with Crippen LogP contribution in [-0.4, -0.2) is 43.3 Å². The van der Waals surface area contributed by atoms with Crippen molar-refractivity contribution < 1.29 is 19.4 Å². The van der Waals surface area contributed by atoms with E-state index in [2.05, 4.69) is 15.9 Å². The highest BCUT2D eigenvalue weighted by Gasteiger charge is 2.14. The van der Waals surface area contributed by atoms with Crippen LogP contribution in [0.4, 0.5) is 0 Å². The highest BCUT2D eigenvalue weighted by atomic mass is 79.9. The molecular weight excluding hydrogens is 314 g/mol. The van der Waals surface area contributed by atoms with Gasteiger partial charge in [-0.1, -0.05) is 6.92 Å². The summed E-state index contributed by atoms with van der Waals surface area (Å²) in [6.07, 6.45) is 0. The lowest BCUT2D eigenvalue weighted by Gasteiger charge is -2.20. The van der Waals surface area contributed by atoms with E-state index in [0.29, 0.717) is 24.6 Å². The Morgan fingerprint density at radius 3 is 2.42 bits per heavy atom. The third-order valence-corrected chi connectivity index (χ3v) is 3.37. The number of likely N-dealkylation sites (N-methyl/N-ethyl adjacent to an activating group) is 1. The zero-order chi connectivity index (χ0) is 14.4. The van der Waals surface area contributed by atoms with Gasteiger partial charge in [0.15, 0.2) is 0 Å². The Morgan fingerprint density at radius 1 is 1.32 bits per heavy atom. The van der Waals surface area contributed by atoms with Crippen LogP contribution in [0.5, 0.6) is 11.5 Å². The predicted octanol–water partition coefficient (Wildman–Crippen LogP) is 2.37. The lowest BCUT2D eigenvalue weighted by molar-refractivity contribution is -0.138. The average Bonchev–Trinajstić information content (AvgIpc) is 2.38. The molecule has 1 N–H and O–H groups in total. The van der Waals surface area contributed by atoms with Crippen molar-refractivity contribution in [1.29, 1.82) is 0 Å². The van der Waals surface area contributed by atoms with E-state index < -0.39 is 5.97 Å². The molecule has 0 unspecified atom stereocenters. The van der Waals surface area contributed by atoms with Gasteiger partial charge in [0.05, 0.1) is 25.2 Å². The number of halogens is 1. The zero-order valence-corrected chi connectivity index (χ0v) is 12.9. The van der Waals surface area contributed by atoms with E-state index in [9.17, 15) is 4.79 Å². The fourth-order valence-electron chi connectivity index (χ4n) is 1.76. The lowest BCUT2D eigenvalue weighted by Crippen LogP contribution is -2.29. The molecule has 106 valence electrons. The SMILES string of the molecule is CCN(CC(=O)O)Cc1cc(OC)c(Br)cc1OC. The Kier molecular flexibility index (Phi) is 6.11. The summed E-state index contributed by atoms with van der Waals surface area (Å²) in [7, 11) is 3.18. The molecule has 5 nitrogen and oxygen atoms in total. The van der Waals surface area contributed by atoms with E-state index in [1.54, 1.807) is 14.2 Å². The van der Waals surface area contributed by atoms with Gasteiger partial charge in [0.25, 0.3) is 0 Å². The minimum absolute atomic E-state index is 0.00195. The first-order valence-electron chi connectivity index (χ1n) is 5.86. The number of carboxylic acid groups (broad SMARTS) is 1. The monoisotopic (exact) mass is 331 g/mol.